The molecule has 1 aliphatic carbocycles. The Morgan fingerprint density at radius 3 is 2.70 bits per heavy atom. The van der Waals surface area contributed by atoms with Gasteiger partial charge in [0.15, 0.2) is 5.96 Å². The standard InChI is InChI=1S/C17H27N3/c1-4-18-17(19-10-9-15-6-7-15)20-12-16-8-5-13(2)11-14(16)3/h5,8,11,15H,4,6-7,9-10,12H2,1-3H3,(H2,18,19,20). The minimum atomic E-state index is 0.741. The Bertz CT molecular complexity index is 461. The third-order valence-corrected chi connectivity index (χ3v) is 3.79. The van der Waals surface area contributed by atoms with Crippen LogP contribution in [0.4, 0.5) is 0 Å². The van der Waals surface area contributed by atoms with E-state index in [4.69, 9.17) is 0 Å². The lowest BCUT2D eigenvalue weighted by Gasteiger charge is -2.11. The molecule has 1 aromatic rings. The molecule has 1 saturated carbocycles. The molecule has 0 bridgehead atoms. The van der Waals surface area contributed by atoms with E-state index in [1.54, 1.807) is 0 Å². The Kier molecular flexibility index (Phi) is 5.45. The zero-order valence-electron chi connectivity index (χ0n) is 13.0. The summed E-state index contributed by atoms with van der Waals surface area (Å²) >= 11 is 0. The summed E-state index contributed by atoms with van der Waals surface area (Å²) in [4.78, 5) is 4.69. The van der Waals surface area contributed by atoms with Crippen LogP contribution in [0.2, 0.25) is 0 Å². The number of benzene rings is 1. The van der Waals surface area contributed by atoms with Crippen LogP contribution in [0.1, 0.15) is 42.9 Å². The lowest BCUT2D eigenvalue weighted by Crippen LogP contribution is -2.37. The maximum absolute atomic E-state index is 4.69. The van der Waals surface area contributed by atoms with Crippen molar-refractivity contribution in [2.45, 2.75) is 46.6 Å². The molecule has 2 rings (SSSR count). The molecule has 0 heterocycles. The van der Waals surface area contributed by atoms with Crippen molar-refractivity contribution in [2.24, 2.45) is 10.9 Å². The van der Waals surface area contributed by atoms with Crippen LogP contribution in [0, 0.1) is 19.8 Å². The molecular weight excluding hydrogens is 246 g/mol. The van der Waals surface area contributed by atoms with E-state index in [1.165, 1.54) is 36.0 Å². The molecule has 110 valence electrons. The van der Waals surface area contributed by atoms with Crippen molar-refractivity contribution in [3.8, 4) is 0 Å². The van der Waals surface area contributed by atoms with Crippen molar-refractivity contribution in [1.29, 1.82) is 0 Å². The summed E-state index contributed by atoms with van der Waals surface area (Å²) in [5.41, 5.74) is 3.93. The Balaban J connectivity index is 1.89. The van der Waals surface area contributed by atoms with E-state index < -0.39 is 0 Å². The second-order valence-corrected chi connectivity index (χ2v) is 5.78. The van der Waals surface area contributed by atoms with E-state index in [9.17, 15) is 0 Å². The van der Waals surface area contributed by atoms with Crippen LogP contribution in [0.3, 0.4) is 0 Å². The molecule has 0 amide bonds. The van der Waals surface area contributed by atoms with Crippen LogP contribution in [-0.2, 0) is 6.54 Å². The highest BCUT2D eigenvalue weighted by molar-refractivity contribution is 5.79. The molecule has 0 aliphatic heterocycles. The van der Waals surface area contributed by atoms with Gasteiger partial charge in [-0.2, -0.15) is 0 Å². The summed E-state index contributed by atoms with van der Waals surface area (Å²) < 4.78 is 0. The van der Waals surface area contributed by atoms with Crippen molar-refractivity contribution >= 4 is 5.96 Å². The molecule has 0 aromatic heterocycles. The zero-order valence-corrected chi connectivity index (χ0v) is 13.0. The van der Waals surface area contributed by atoms with Crippen LogP contribution in [-0.4, -0.2) is 19.0 Å². The zero-order chi connectivity index (χ0) is 14.4. The van der Waals surface area contributed by atoms with Crippen LogP contribution in [0.15, 0.2) is 23.2 Å². The van der Waals surface area contributed by atoms with E-state index in [1.807, 2.05) is 0 Å². The van der Waals surface area contributed by atoms with Gasteiger partial charge in [0.1, 0.15) is 0 Å². The van der Waals surface area contributed by atoms with Gasteiger partial charge >= 0.3 is 0 Å². The average Bonchev–Trinajstić information content (AvgIpc) is 3.21. The fraction of sp³-hybridized carbons (Fsp3) is 0.588. The van der Waals surface area contributed by atoms with E-state index in [2.05, 4.69) is 54.6 Å². The molecule has 0 spiro atoms. The average molecular weight is 273 g/mol. The number of nitrogens with zero attached hydrogens (tertiary/aromatic N) is 1. The second-order valence-electron chi connectivity index (χ2n) is 5.78. The maximum atomic E-state index is 4.69. The molecule has 0 unspecified atom stereocenters. The first-order valence-electron chi connectivity index (χ1n) is 7.77. The van der Waals surface area contributed by atoms with Gasteiger partial charge in [-0.05, 0) is 44.2 Å². The molecule has 0 atom stereocenters. The highest BCUT2D eigenvalue weighted by Gasteiger charge is 2.20. The molecule has 2 N–H and O–H groups in total. The normalized spacial score (nSPS) is 15.2. The molecular formula is C17H27N3. The summed E-state index contributed by atoms with van der Waals surface area (Å²) in [6, 6.07) is 6.56. The minimum absolute atomic E-state index is 0.741. The first kappa shape index (κ1) is 14.9. The quantitative estimate of drug-likeness (QED) is 0.617. The molecule has 20 heavy (non-hydrogen) atoms. The predicted molar refractivity (Wildman–Crippen MR) is 86.1 cm³/mol. The molecule has 0 radical (unpaired) electrons. The molecule has 1 aliphatic rings. The monoisotopic (exact) mass is 273 g/mol. The Labute approximate surface area is 122 Å². The van der Waals surface area contributed by atoms with Crippen LogP contribution in [0.25, 0.3) is 0 Å². The predicted octanol–water partition coefficient (Wildman–Crippen LogP) is 3.16. The number of aryl methyl sites for hydroxylation is 2. The van der Waals surface area contributed by atoms with Gasteiger partial charge in [0.2, 0.25) is 0 Å². The molecule has 1 aromatic carbocycles. The Morgan fingerprint density at radius 1 is 1.25 bits per heavy atom. The van der Waals surface area contributed by atoms with Crippen molar-refractivity contribution in [3.63, 3.8) is 0 Å². The third-order valence-electron chi connectivity index (χ3n) is 3.79. The van der Waals surface area contributed by atoms with Gasteiger partial charge in [-0.15, -0.1) is 0 Å². The third kappa shape index (κ3) is 4.87. The van der Waals surface area contributed by atoms with Crippen molar-refractivity contribution in [3.05, 3.63) is 34.9 Å². The van der Waals surface area contributed by atoms with Gasteiger partial charge in [0.25, 0.3) is 0 Å². The number of hydrogen-bond acceptors (Lipinski definition) is 1. The molecule has 1 fully saturated rings. The fourth-order valence-electron chi connectivity index (χ4n) is 2.33. The SMILES string of the molecule is CCNC(=NCc1ccc(C)cc1C)NCCC1CC1. The second kappa shape index (κ2) is 7.32. The van der Waals surface area contributed by atoms with Gasteiger partial charge in [0.05, 0.1) is 6.54 Å². The highest BCUT2D eigenvalue weighted by Crippen LogP contribution is 2.31. The van der Waals surface area contributed by atoms with Gasteiger partial charge in [0, 0.05) is 13.1 Å². The highest BCUT2D eigenvalue weighted by atomic mass is 15.2. The summed E-state index contributed by atoms with van der Waals surface area (Å²) in [6.07, 6.45) is 4.10. The van der Waals surface area contributed by atoms with Crippen molar-refractivity contribution in [2.75, 3.05) is 13.1 Å². The van der Waals surface area contributed by atoms with E-state index >= 15 is 0 Å². The van der Waals surface area contributed by atoms with Crippen LogP contribution in [0.5, 0.6) is 0 Å². The molecule has 0 saturated heterocycles. The largest absolute Gasteiger partial charge is 0.357 e. The minimum Gasteiger partial charge on any atom is -0.357 e. The number of hydrogen-bond donors (Lipinski definition) is 2. The topological polar surface area (TPSA) is 36.4 Å². The lowest BCUT2D eigenvalue weighted by atomic mass is 10.1. The van der Waals surface area contributed by atoms with Gasteiger partial charge in [-0.3, -0.25) is 0 Å². The van der Waals surface area contributed by atoms with E-state index in [0.29, 0.717) is 0 Å². The van der Waals surface area contributed by atoms with Gasteiger partial charge < -0.3 is 10.6 Å². The summed E-state index contributed by atoms with van der Waals surface area (Å²) in [5.74, 6) is 1.90. The fourth-order valence-corrected chi connectivity index (χ4v) is 2.33. The maximum Gasteiger partial charge on any atom is 0.191 e. The van der Waals surface area contributed by atoms with Gasteiger partial charge in [-0.25, -0.2) is 4.99 Å². The summed E-state index contributed by atoms with van der Waals surface area (Å²) in [5, 5.41) is 6.75. The first-order valence-corrected chi connectivity index (χ1v) is 7.77. The first-order chi connectivity index (χ1) is 9.69. The lowest BCUT2D eigenvalue weighted by molar-refractivity contribution is 0.685. The molecule has 3 heteroatoms. The Morgan fingerprint density at radius 2 is 2.05 bits per heavy atom. The van der Waals surface area contributed by atoms with Crippen LogP contribution >= 0.6 is 0 Å². The van der Waals surface area contributed by atoms with Gasteiger partial charge in [-0.1, -0.05) is 36.6 Å². The number of nitrogens with one attached hydrogen (secondary N) is 2. The van der Waals surface area contributed by atoms with Crippen LogP contribution < -0.4 is 10.6 Å². The number of guanidine groups is 1. The van der Waals surface area contributed by atoms with E-state index in [-0.39, 0.29) is 0 Å². The Hall–Kier alpha value is -1.51. The van der Waals surface area contributed by atoms with Crippen molar-refractivity contribution in [1.82, 2.24) is 10.6 Å². The number of aliphatic imine (C=N–C) groups is 1. The number of rotatable bonds is 6. The summed E-state index contributed by atoms with van der Waals surface area (Å²) in [7, 11) is 0. The van der Waals surface area contributed by atoms with E-state index in [0.717, 1.165) is 31.5 Å². The summed E-state index contributed by atoms with van der Waals surface area (Å²) in [6.45, 7) is 9.07. The molecule has 3 nitrogen and oxygen atoms in total. The van der Waals surface area contributed by atoms with Crippen molar-refractivity contribution < 1.29 is 0 Å². The smallest absolute Gasteiger partial charge is 0.191 e.